The zero-order valence-corrected chi connectivity index (χ0v) is 9.13. The molecule has 0 atom stereocenters. The Hall–Kier alpha value is -0.630. The van der Waals surface area contributed by atoms with Crippen LogP contribution in [0.25, 0.3) is 0 Å². The van der Waals surface area contributed by atoms with Gasteiger partial charge in [0.05, 0.1) is 0 Å². The maximum atomic E-state index is 11.2. The maximum absolute atomic E-state index is 11.2. The number of Topliss-reactive ketones (excluding diaryl/α,β-unsaturated/α-hetero) is 1. The van der Waals surface area contributed by atoms with Crippen LogP contribution in [0.3, 0.4) is 0 Å². The van der Waals surface area contributed by atoms with Crippen molar-refractivity contribution in [2.24, 2.45) is 5.92 Å². The molecule has 76 valence electrons. The van der Waals surface area contributed by atoms with Crippen molar-refractivity contribution in [3.8, 4) is 0 Å². The van der Waals surface area contributed by atoms with Gasteiger partial charge in [-0.1, -0.05) is 39.8 Å². The van der Waals surface area contributed by atoms with E-state index in [-0.39, 0.29) is 5.92 Å². The van der Waals surface area contributed by atoms with Crippen LogP contribution in [-0.4, -0.2) is 18.4 Å². The minimum atomic E-state index is 0.155. The number of carbonyl (C=O) groups is 1. The number of hydrogen-bond acceptors (Lipinski definition) is 2. The highest BCUT2D eigenvalue weighted by atomic mass is 16.1. The predicted octanol–water partition coefficient (Wildman–Crippen LogP) is 2.16. The molecule has 13 heavy (non-hydrogen) atoms. The van der Waals surface area contributed by atoms with E-state index >= 15 is 0 Å². The summed E-state index contributed by atoms with van der Waals surface area (Å²) in [5.41, 5.74) is 0. The van der Waals surface area contributed by atoms with E-state index in [9.17, 15) is 4.79 Å². The van der Waals surface area contributed by atoms with Crippen LogP contribution in [0, 0.1) is 5.92 Å². The van der Waals surface area contributed by atoms with Gasteiger partial charge < -0.3 is 5.32 Å². The average molecular weight is 183 g/mol. The van der Waals surface area contributed by atoms with Crippen LogP contribution in [0.5, 0.6) is 0 Å². The Morgan fingerprint density at radius 2 is 1.85 bits per heavy atom. The second-order valence-corrected chi connectivity index (χ2v) is 3.86. The molecule has 0 aliphatic rings. The Morgan fingerprint density at radius 1 is 1.23 bits per heavy atom. The fourth-order valence-corrected chi connectivity index (χ4v) is 0.822. The molecule has 0 rings (SSSR count). The molecule has 0 fully saturated rings. The molecule has 0 saturated carbocycles. The second-order valence-electron chi connectivity index (χ2n) is 3.86. The lowest BCUT2D eigenvalue weighted by Crippen LogP contribution is -2.22. The van der Waals surface area contributed by atoms with E-state index < -0.39 is 0 Å². The molecule has 0 unspecified atom stereocenters. The molecule has 0 spiro atoms. The van der Waals surface area contributed by atoms with E-state index in [4.69, 9.17) is 0 Å². The first-order chi connectivity index (χ1) is 6.04. The number of carbonyl (C=O) groups excluding carboxylic acids is 1. The van der Waals surface area contributed by atoms with Gasteiger partial charge in [0.15, 0.2) is 0 Å². The second kappa shape index (κ2) is 6.84. The smallest absolute Gasteiger partial charge is 0.139 e. The van der Waals surface area contributed by atoms with Crippen LogP contribution in [-0.2, 0) is 4.79 Å². The minimum Gasteiger partial charge on any atom is -0.311 e. The third-order valence-electron chi connectivity index (χ3n) is 1.77. The first-order valence-corrected chi connectivity index (χ1v) is 4.95. The summed E-state index contributed by atoms with van der Waals surface area (Å²) >= 11 is 0. The van der Waals surface area contributed by atoms with E-state index in [1.54, 1.807) is 0 Å². The van der Waals surface area contributed by atoms with Crippen LogP contribution < -0.4 is 5.32 Å². The van der Waals surface area contributed by atoms with Crippen molar-refractivity contribution in [1.29, 1.82) is 0 Å². The van der Waals surface area contributed by atoms with Gasteiger partial charge in [-0.15, -0.1) is 0 Å². The van der Waals surface area contributed by atoms with E-state index in [1.165, 1.54) is 0 Å². The zero-order valence-electron chi connectivity index (χ0n) is 9.13. The van der Waals surface area contributed by atoms with Crippen LogP contribution in [0.1, 0.15) is 34.1 Å². The third-order valence-corrected chi connectivity index (χ3v) is 1.77. The van der Waals surface area contributed by atoms with Gasteiger partial charge in [0, 0.05) is 24.9 Å². The average Bonchev–Trinajstić information content (AvgIpc) is 2.02. The molecule has 0 aromatic heterocycles. The number of hydrogen-bond donors (Lipinski definition) is 1. The van der Waals surface area contributed by atoms with Crippen molar-refractivity contribution < 1.29 is 4.79 Å². The molecular weight excluding hydrogens is 162 g/mol. The van der Waals surface area contributed by atoms with Crippen LogP contribution in [0.15, 0.2) is 12.2 Å². The summed E-state index contributed by atoms with van der Waals surface area (Å²) in [6.45, 7) is 8.92. The third kappa shape index (κ3) is 7.72. The molecule has 0 radical (unpaired) electrons. The predicted molar refractivity (Wildman–Crippen MR) is 56.7 cm³/mol. The Labute approximate surface area is 81.4 Å². The standard InChI is InChI=1S/C11H21NO/c1-9(2)11(13)7-5-6-8-12-10(3)4/h5-6,9-10,12H,7-8H2,1-4H3/b6-5+. The van der Waals surface area contributed by atoms with E-state index in [0.717, 1.165) is 6.54 Å². The molecular formula is C11H21NO. The molecule has 0 saturated heterocycles. The Morgan fingerprint density at radius 3 is 2.31 bits per heavy atom. The molecule has 0 amide bonds. The summed E-state index contributed by atoms with van der Waals surface area (Å²) in [7, 11) is 0. The summed E-state index contributed by atoms with van der Waals surface area (Å²) in [6, 6.07) is 0.505. The van der Waals surface area contributed by atoms with Gasteiger partial charge in [0.2, 0.25) is 0 Å². The molecule has 0 heterocycles. The van der Waals surface area contributed by atoms with Gasteiger partial charge in [0.25, 0.3) is 0 Å². The SMILES string of the molecule is CC(C)NC/C=C/CC(=O)C(C)C. The summed E-state index contributed by atoms with van der Waals surface area (Å²) in [4.78, 5) is 11.2. The number of rotatable bonds is 6. The van der Waals surface area contributed by atoms with Crippen LogP contribution in [0.2, 0.25) is 0 Å². The highest BCUT2D eigenvalue weighted by molar-refractivity contribution is 5.81. The molecule has 2 heteroatoms. The van der Waals surface area contributed by atoms with E-state index in [2.05, 4.69) is 19.2 Å². The van der Waals surface area contributed by atoms with Gasteiger partial charge in [-0.2, -0.15) is 0 Å². The van der Waals surface area contributed by atoms with Crippen molar-refractivity contribution in [2.75, 3.05) is 6.54 Å². The maximum Gasteiger partial charge on any atom is 0.139 e. The summed E-state index contributed by atoms with van der Waals surface area (Å²) in [5.74, 6) is 0.462. The van der Waals surface area contributed by atoms with Gasteiger partial charge in [0.1, 0.15) is 5.78 Å². The van der Waals surface area contributed by atoms with Crippen molar-refractivity contribution in [3.05, 3.63) is 12.2 Å². The molecule has 0 aromatic carbocycles. The van der Waals surface area contributed by atoms with Gasteiger partial charge in [-0.25, -0.2) is 0 Å². The highest BCUT2D eigenvalue weighted by Gasteiger charge is 2.02. The molecule has 0 bridgehead atoms. The van der Waals surface area contributed by atoms with E-state index in [1.807, 2.05) is 26.0 Å². The van der Waals surface area contributed by atoms with Gasteiger partial charge in [-0.3, -0.25) is 4.79 Å². The zero-order chi connectivity index (χ0) is 10.3. The van der Waals surface area contributed by atoms with Gasteiger partial charge in [-0.05, 0) is 0 Å². The largest absolute Gasteiger partial charge is 0.311 e. The Kier molecular flexibility index (Phi) is 6.51. The van der Waals surface area contributed by atoms with E-state index in [0.29, 0.717) is 18.2 Å². The minimum absolute atomic E-state index is 0.155. The molecule has 0 aliphatic carbocycles. The summed E-state index contributed by atoms with van der Waals surface area (Å²) in [6.07, 6.45) is 4.52. The Balaban J connectivity index is 3.47. The Bertz CT molecular complexity index is 171. The molecule has 1 N–H and O–H groups in total. The highest BCUT2D eigenvalue weighted by Crippen LogP contribution is 1.98. The van der Waals surface area contributed by atoms with Crippen molar-refractivity contribution in [3.63, 3.8) is 0 Å². The van der Waals surface area contributed by atoms with Gasteiger partial charge >= 0.3 is 0 Å². The molecule has 0 aliphatic heterocycles. The van der Waals surface area contributed by atoms with Crippen molar-refractivity contribution in [1.82, 2.24) is 5.32 Å². The number of nitrogens with one attached hydrogen (secondary N) is 1. The first kappa shape index (κ1) is 12.4. The summed E-state index contributed by atoms with van der Waals surface area (Å²) < 4.78 is 0. The molecule has 0 aromatic rings. The monoisotopic (exact) mass is 183 g/mol. The fraction of sp³-hybridized carbons (Fsp3) is 0.727. The number of ketones is 1. The lowest BCUT2D eigenvalue weighted by atomic mass is 10.1. The normalized spacial score (nSPS) is 11.8. The van der Waals surface area contributed by atoms with Crippen LogP contribution in [0.4, 0.5) is 0 Å². The van der Waals surface area contributed by atoms with Crippen LogP contribution >= 0.6 is 0 Å². The van der Waals surface area contributed by atoms with Crippen molar-refractivity contribution in [2.45, 2.75) is 40.2 Å². The fourth-order valence-electron chi connectivity index (χ4n) is 0.822. The lowest BCUT2D eigenvalue weighted by molar-refractivity contribution is -0.121. The molecule has 2 nitrogen and oxygen atoms in total. The lowest BCUT2D eigenvalue weighted by Gasteiger charge is -2.03. The first-order valence-electron chi connectivity index (χ1n) is 4.95. The van der Waals surface area contributed by atoms with Crippen molar-refractivity contribution >= 4 is 5.78 Å². The quantitative estimate of drug-likeness (QED) is 0.639. The summed E-state index contributed by atoms with van der Waals surface area (Å²) in [5, 5.41) is 3.25. The topological polar surface area (TPSA) is 29.1 Å². The number of allylic oxidation sites excluding steroid dienone is 1.